The maximum atomic E-state index is 6.21. The second-order valence-electron chi connectivity index (χ2n) is 6.66. The molecule has 1 fully saturated rings. The molecule has 0 atom stereocenters. The van der Waals surface area contributed by atoms with Crippen LogP contribution in [0, 0.1) is 11.3 Å². The lowest BCUT2D eigenvalue weighted by atomic mass is 9.69. The van der Waals surface area contributed by atoms with Crippen LogP contribution < -0.4 is 0 Å². The molecule has 0 bridgehead atoms. The zero-order valence-electron chi connectivity index (χ0n) is 12.0. The van der Waals surface area contributed by atoms with Gasteiger partial charge >= 0.3 is 0 Å². The Morgan fingerprint density at radius 3 is 2.24 bits per heavy atom. The quantitative estimate of drug-likeness (QED) is 0.375. The molecule has 102 valence electrons. The summed E-state index contributed by atoms with van der Waals surface area (Å²) in [5.74, 6) is 0.883. The minimum absolute atomic E-state index is 0.206. The minimum atomic E-state index is 0.206. The van der Waals surface area contributed by atoms with Gasteiger partial charge in [-0.05, 0) is 43.4 Å². The van der Waals surface area contributed by atoms with E-state index in [9.17, 15) is 0 Å². The maximum absolute atomic E-state index is 6.21. The Labute approximate surface area is 121 Å². The first-order valence-electron chi connectivity index (χ1n) is 7.13. The minimum Gasteiger partial charge on any atom is -0.374 e. The summed E-state index contributed by atoms with van der Waals surface area (Å²) in [6, 6.07) is 0. The molecule has 0 amide bonds. The Bertz CT molecular complexity index is 211. The van der Waals surface area contributed by atoms with Crippen LogP contribution in [0.15, 0.2) is 0 Å². The average Bonchev–Trinajstić information content (AvgIpc) is 2.29. The molecular formula is C15H29IO. The first kappa shape index (κ1) is 15.7. The van der Waals surface area contributed by atoms with E-state index in [2.05, 4.69) is 50.3 Å². The van der Waals surface area contributed by atoms with E-state index >= 15 is 0 Å². The zero-order valence-corrected chi connectivity index (χ0v) is 14.2. The molecule has 1 saturated carbocycles. The van der Waals surface area contributed by atoms with Crippen LogP contribution >= 0.6 is 22.6 Å². The molecule has 0 radical (unpaired) electrons. The maximum Gasteiger partial charge on any atom is 0.0771 e. The van der Waals surface area contributed by atoms with Crippen molar-refractivity contribution in [3.63, 3.8) is 0 Å². The largest absolute Gasteiger partial charge is 0.374 e. The molecule has 0 spiro atoms. The van der Waals surface area contributed by atoms with E-state index in [4.69, 9.17) is 4.74 Å². The van der Waals surface area contributed by atoms with Crippen LogP contribution in [0.5, 0.6) is 0 Å². The van der Waals surface area contributed by atoms with Crippen LogP contribution in [0.25, 0.3) is 0 Å². The van der Waals surface area contributed by atoms with E-state index in [0.717, 1.165) is 17.0 Å². The number of unbranched alkanes of at least 4 members (excludes halogenated alkanes) is 1. The van der Waals surface area contributed by atoms with E-state index in [1.54, 1.807) is 0 Å². The van der Waals surface area contributed by atoms with Crippen LogP contribution in [0.4, 0.5) is 0 Å². The van der Waals surface area contributed by atoms with E-state index in [0.29, 0.717) is 5.41 Å². The number of rotatable bonds is 5. The van der Waals surface area contributed by atoms with E-state index in [1.807, 2.05) is 0 Å². The predicted molar refractivity (Wildman–Crippen MR) is 83.9 cm³/mol. The summed E-state index contributed by atoms with van der Waals surface area (Å²) >= 11 is 2.51. The summed E-state index contributed by atoms with van der Waals surface area (Å²) in [7, 11) is 0. The molecule has 2 heteroatoms. The fourth-order valence-electron chi connectivity index (χ4n) is 2.76. The molecule has 0 unspecified atom stereocenters. The Hall–Kier alpha value is 0.690. The van der Waals surface area contributed by atoms with Gasteiger partial charge in [0.2, 0.25) is 0 Å². The molecule has 0 aromatic carbocycles. The third-order valence-electron chi connectivity index (χ3n) is 4.27. The molecule has 0 N–H and O–H groups in total. The lowest BCUT2D eigenvalue weighted by Gasteiger charge is -2.43. The molecule has 0 aromatic rings. The lowest BCUT2D eigenvalue weighted by Crippen LogP contribution is -2.41. The lowest BCUT2D eigenvalue weighted by molar-refractivity contribution is -0.0686. The normalized spacial score (nSPS) is 30.5. The third kappa shape index (κ3) is 4.70. The van der Waals surface area contributed by atoms with Crippen molar-refractivity contribution in [2.45, 2.75) is 71.8 Å². The van der Waals surface area contributed by atoms with E-state index in [-0.39, 0.29) is 5.60 Å². The molecule has 1 nitrogen and oxygen atoms in total. The summed E-state index contributed by atoms with van der Waals surface area (Å²) in [6.45, 7) is 10.3. The molecule has 1 aliphatic rings. The number of hydrogen-bond donors (Lipinski definition) is 0. The highest BCUT2D eigenvalue weighted by molar-refractivity contribution is 14.1. The van der Waals surface area contributed by atoms with Gasteiger partial charge in [-0.1, -0.05) is 56.7 Å². The van der Waals surface area contributed by atoms with Gasteiger partial charge in [0, 0.05) is 11.0 Å². The summed E-state index contributed by atoms with van der Waals surface area (Å²) in [6.07, 6.45) is 7.67. The highest BCUT2D eigenvalue weighted by Crippen LogP contribution is 2.43. The topological polar surface area (TPSA) is 9.23 Å². The van der Waals surface area contributed by atoms with Crippen molar-refractivity contribution >= 4 is 22.6 Å². The first-order valence-corrected chi connectivity index (χ1v) is 8.66. The van der Waals surface area contributed by atoms with Gasteiger partial charge in [0.15, 0.2) is 0 Å². The summed E-state index contributed by atoms with van der Waals surface area (Å²) in [5, 5.41) is 0. The Morgan fingerprint density at radius 2 is 1.82 bits per heavy atom. The highest BCUT2D eigenvalue weighted by atomic mass is 127. The molecule has 0 aromatic heterocycles. The molecule has 17 heavy (non-hydrogen) atoms. The SMILES string of the molecule is CCCCOC1(CI)CCC(C(C)(C)C)CC1. The van der Waals surface area contributed by atoms with Crippen LogP contribution in [-0.2, 0) is 4.74 Å². The van der Waals surface area contributed by atoms with Gasteiger partial charge in [-0.2, -0.15) is 0 Å². The van der Waals surface area contributed by atoms with Crippen molar-refractivity contribution < 1.29 is 4.74 Å². The van der Waals surface area contributed by atoms with Crippen molar-refractivity contribution in [1.82, 2.24) is 0 Å². The van der Waals surface area contributed by atoms with E-state index in [1.165, 1.54) is 38.5 Å². The van der Waals surface area contributed by atoms with Crippen molar-refractivity contribution in [3.8, 4) is 0 Å². The van der Waals surface area contributed by atoms with Crippen molar-refractivity contribution in [2.24, 2.45) is 11.3 Å². The van der Waals surface area contributed by atoms with Crippen LogP contribution in [0.1, 0.15) is 66.2 Å². The Morgan fingerprint density at radius 1 is 1.24 bits per heavy atom. The monoisotopic (exact) mass is 352 g/mol. The summed E-state index contributed by atoms with van der Waals surface area (Å²) < 4.78 is 7.37. The van der Waals surface area contributed by atoms with Gasteiger partial charge in [0.1, 0.15) is 0 Å². The fraction of sp³-hybridized carbons (Fsp3) is 1.00. The molecular weight excluding hydrogens is 323 g/mol. The van der Waals surface area contributed by atoms with Crippen LogP contribution in [-0.4, -0.2) is 16.6 Å². The summed E-state index contributed by atoms with van der Waals surface area (Å²) in [4.78, 5) is 0. The fourth-order valence-corrected chi connectivity index (χ4v) is 3.74. The predicted octanol–water partition coefficient (Wildman–Crippen LogP) is 5.21. The highest BCUT2D eigenvalue weighted by Gasteiger charge is 2.38. The van der Waals surface area contributed by atoms with Crippen molar-refractivity contribution in [2.75, 3.05) is 11.0 Å². The molecule has 1 rings (SSSR count). The second kappa shape index (κ2) is 6.74. The third-order valence-corrected chi connectivity index (χ3v) is 5.66. The van der Waals surface area contributed by atoms with Crippen molar-refractivity contribution in [3.05, 3.63) is 0 Å². The average molecular weight is 352 g/mol. The van der Waals surface area contributed by atoms with Crippen LogP contribution in [0.2, 0.25) is 0 Å². The number of halogens is 1. The van der Waals surface area contributed by atoms with E-state index < -0.39 is 0 Å². The van der Waals surface area contributed by atoms with Gasteiger partial charge < -0.3 is 4.74 Å². The van der Waals surface area contributed by atoms with Gasteiger partial charge in [0.25, 0.3) is 0 Å². The molecule has 0 heterocycles. The Balaban J connectivity index is 2.45. The molecule has 1 aliphatic carbocycles. The Kier molecular flexibility index (Phi) is 6.24. The first-order chi connectivity index (χ1) is 7.93. The molecule has 0 saturated heterocycles. The number of hydrogen-bond acceptors (Lipinski definition) is 1. The number of ether oxygens (including phenoxy) is 1. The molecule has 0 aliphatic heterocycles. The van der Waals surface area contributed by atoms with Gasteiger partial charge in [0.05, 0.1) is 5.60 Å². The standard InChI is InChI=1S/C15H29IO/c1-5-6-11-17-15(12-16)9-7-13(8-10-15)14(2,3)4/h13H,5-12H2,1-4H3. The zero-order chi connectivity index (χ0) is 12.9. The van der Waals surface area contributed by atoms with Gasteiger partial charge in [-0.25, -0.2) is 0 Å². The number of alkyl halides is 1. The summed E-state index contributed by atoms with van der Waals surface area (Å²) in [5.41, 5.74) is 0.679. The van der Waals surface area contributed by atoms with Gasteiger partial charge in [-0.3, -0.25) is 0 Å². The smallest absolute Gasteiger partial charge is 0.0771 e. The van der Waals surface area contributed by atoms with Crippen molar-refractivity contribution in [1.29, 1.82) is 0 Å². The van der Waals surface area contributed by atoms with Gasteiger partial charge in [-0.15, -0.1) is 0 Å². The second-order valence-corrected chi connectivity index (χ2v) is 7.42. The van der Waals surface area contributed by atoms with Crippen LogP contribution in [0.3, 0.4) is 0 Å².